The fourth-order valence-electron chi connectivity index (χ4n) is 5.37. The molecule has 3 aromatic rings. The second-order valence-corrected chi connectivity index (χ2v) is 14.4. The van der Waals surface area contributed by atoms with Crippen LogP contribution in [0.1, 0.15) is 59.3 Å². The van der Waals surface area contributed by atoms with Gasteiger partial charge in [-0.15, -0.1) is 5.11 Å². The zero-order valence-corrected chi connectivity index (χ0v) is 31.8. The van der Waals surface area contributed by atoms with E-state index in [-0.39, 0.29) is 36.9 Å². The van der Waals surface area contributed by atoms with E-state index in [2.05, 4.69) is 32.5 Å². The summed E-state index contributed by atoms with van der Waals surface area (Å²) in [4.78, 5) is 40.9. The van der Waals surface area contributed by atoms with Crippen LogP contribution in [0.2, 0.25) is 0 Å². The minimum Gasteiger partial charge on any atom is -0.396 e. The Bertz CT molecular complexity index is 1690. The lowest BCUT2D eigenvalue weighted by Crippen LogP contribution is -2.26. The Morgan fingerprint density at radius 1 is 0.981 bits per heavy atom. The number of likely N-dealkylation sites (N-methyl/N-ethyl adjacent to an activating group) is 1. The molecule has 0 heterocycles. The summed E-state index contributed by atoms with van der Waals surface area (Å²) < 4.78 is 22.8. The number of rotatable bonds is 26. The van der Waals surface area contributed by atoms with Gasteiger partial charge in [-0.2, -0.15) is 5.11 Å². The van der Waals surface area contributed by atoms with Gasteiger partial charge in [0.25, 0.3) is 5.69 Å². The van der Waals surface area contributed by atoms with Crippen molar-refractivity contribution in [2.24, 2.45) is 21.3 Å². The molecule has 15 nitrogen and oxygen atoms in total. The van der Waals surface area contributed by atoms with E-state index >= 15 is 0 Å². The van der Waals surface area contributed by atoms with E-state index in [0.717, 1.165) is 17.9 Å². The van der Waals surface area contributed by atoms with E-state index in [4.69, 9.17) is 19.2 Å². The number of nitrogens with zero attached hydrogens (tertiary/aromatic N) is 5. The third kappa shape index (κ3) is 15.7. The SMILES string of the molecule is CCC(COCCCNC(=O)CCC/C(C)=N\OCCN(CC)c1ccc(N=Nc2ccc([N+](=O)[O-])c3ccccc23)cc1)CP(=O)(O)OCCCO. The third-order valence-corrected chi connectivity index (χ3v) is 9.93. The van der Waals surface area contributed by atoms with Crippen molar-refractivity contribution in [1.82, 2.24) is 5.32 Å². The molecule has 0 fully saturated rings. The molecule has 0 spiro atoms. The van der Waals surface area contributed by atoms with E-state index in [0.29, 0.717) is 93.6 Å². The van der Waals surface area contributed by atoms with Crippen LogP contribution in [0.5, 0.6) is 0 Å². The first-order valence-corrected chi connectivity index (χ1v) is 19.8. The molecule has 0 saturated heterocycles. The largest absolute Gasteiger partial charge is 0.396 e. The van der Waals surface area contributed by atoms with E-state index in [1.165, 1.54) is 6.07 Å². The second kappa shape index (κ2) is 23.4. The normalized spacial score (nSPS) is 13.6. The van der Waals surface area contributed by atoms with Crippen molar-refractivity contribution in [3.63, 3.8) is 0 Å². The van der Waals surface area contributed by atoms with Crippen LogP contribution in [0, 0.1) is 16.0 Å². The number of carbonyl (C=O) groups is 1. The number of hydrogen-bond acceptors (Lipinski definition) is 12. The molecule has 0 aliphatic heterocycles. The fraction of sp³-hybridized carbons (Fsp3) is 0.514. The van der Waals surface area contributed by atoms with Crippen molar-refractivity contribution < 1.29 is 38.4 Å². The zero-order valence-electron chi connectivity index (χ0n) is 30.9. The standard InChI is InChI=1S/C37H53N6O9P/c1-4-30(28-53(48,49)52-25-10-23-44)27-50-24-9-21-38-37(45)14-8-11-29(3)41-51-26-22-42(5-2)32-17-15-31(16-18-32)39-40-35-19-20-36(43(46)47)34-13-7-6-12-33(34)35/h6-7,12-13,15-20,30,44H,4-5,8-11,14,21-28H2,1-3H3,(H,38,45)(H,48,49)/b40-39?,41-29-. The Hall–Kier alpha value is -4.27. The molecular weight excluding hydrogens is 703 g/mol. The summed E-state index contributed by atoms with van der Waals surface area (Å²) in [6.07, 6.45) is 3.28. The molecule has 3 rings (SSSR count). The molecule has 3 N–H and O–H groups in total. The minimum absolute atomic E-state index is 0.00954. The monoisotopic (exact) mass is 756 g/mol. The van der Waals surface area contributed by atoms with E-state index < -0.39 is 12.5 Å². The number of hydrogen-bond donors (Lipinski definition) is 3. The van der Waals surface area contributed by atoms with Gasteiger partial charge in [0.05, 0.1) is 46.7 Å². The first kappa shape index (κ1) is 43.1. The average molecular weight is 757 g/mol. The van der Waals surface area contributed by atoms with E-state index in [9.17, 15) is 24.4 Å². The van der Waals surface area contributed by atoms with Crippen molar-refractivity contribution in [2.75, 3.05) is 63.7 Å². The Morgan fingerprint density at radius 3 is 2.43 bits per heavy atom. The molecule has 0 aliphatic carbocycles. The lowest BCUT2D eigenvalue weighted by Gasteiger charge is -2.22. The molecule has 0 aliphatic rings. The van der Waals surface area contributed by atoms with Crippen molar-refractivity contribution >= 4 is 52.7 Å². The number of azo groups is 1. The van der Waals surface area contributed by atoms with Gasteiger partial charge < -0.3 is 34.3 Å². The molecule has 2 unspecified atom stereocenters. The van der Waals surface area contributed by atoms with Gasteiger partial charge in [0, 0.05) is 56.5 Å². The maximum absolute atomic E-state index is 12.2. The van der Waals surface area contributed by atoms with Gasteiger partial charge in [0.15, 0.2) is 0 Å². The number of nitro benzene ring substituents is 1. The van der Waals surface area contributed by atoms with E-state index in [1.807, 2.05) is 44.2 Å². The van der Waals surface area contributed by atoms with Gasteiger partial charge in [-0.05, 0) is 81.8 Å². The fourth-order valence-corrected chi connectivity index (χ4v) is 6.91. The molecule has 53 heavy (non-hydrogen) atoms. The zero-order chi connectivity index (χ0) is 38.5. The molecule has 0 aromatic heterocycles. The molecular formula is C37H53N6O9P. The predicted molar refractivity (Wildman–Crippen MR) is 207 cm³/mol. The molecule has 3 aromatic carbocycles. The number of anilines is 1. The number of aliphatic hydroxyl groups is 1. The van der Waals surface area contributed by atoms with Crippen LogP contribution >= 0.6 is 7.60 Å². The van der Waals surface area contributed by atoms with Gasteiger partial charge in [0.2, 0.25) is 5.91 Å². The third-order valence-electron chi connectivity index (χ3n) is 8.36. The predicted octanol–water partition coefficient (Wildman–Crippen LogP) is 7.69. The van der Waals surface area contributed by atoms with Crippen LogP contribution in [0.4, 0.5) is 22.7 Å². The molecule has 2 atom stereocenters. The first-order chi connectivity index (χ1) is 25.6. The average Bonchev–Trinajstić information content (AvgIpc) is 3.15. The number of non-ortho nitro benzene ring substituents is 1. The highest BCUT2D eigenvalue weighted by Crippen LogP contribution is 2.44. The van der Waals surface area contributed by atoms with Crippen LogP contribution in [0.15, 0.2) is 76.0 Å². The summed E-state index contributed by atoms with van der Waals surface area (Å²) in [5, 5.41) is 37.2. The van der Waals surface area contributed by atoms with Gasteiger partial charge in [-0.3, -0.25) is 19.5 Å². The maximum Gasteiger partial charge on any atom is 0.328 e. The quantitative estimate of drug-likeness (QED) is 0.0182. The number of nitrogens with one attached hydrogen (secondary N) is 1. The highest BCUT2D eigenvalue weighted by molar-refractivity contribution is 7.52. The maximum atomic E-state index is 12.2. The van der Waals surface area contributed by atoms with Crippen LogP contribution < -0.4 is 10.2 Å². The van der Waals surface area contributed by atoms with Crippen molar-refractivity contribution in [2.45, 2.75) is 59.3 Å². The smallest absolute Gasteiger partial charge is 0.328 e. The number of oxime groups is 1. The number of carbonyl (C=O) groups excluding carboxylic acids is 1. The number of amides is 1. The first-order valence-electron chi connectivity index (χ1n) is 18.1. The number of nitro groups is 1. The lowest BCUT2D eigenvalue weighted by molar-refractivity contribution is -0.383. The van der Waals surface area contributed by atoms with Gasteiger partial charge >= 0.3 is 7.60 Å². The summed E-state index contributed by atoms with van der Waals surface area (Å²) in [6, 6.07) is 17.8. The van der Waals surface area contributed by atoms with E-state index in [1.54, 1.807) is 24.3 Å². The Labute approximate surface area is 311 Å². The summed E-state index contributed by atoms with van der Waals surface area (Å²) in [6.45, 7) is 8.83. The van der Waals surface area contributed by atoms with Crippen molar-refractivity contribution in [3.8, 4) is 0 Å². The number of benzene rings is 3. The Morgan fingerprint density at radius 2 is 1.74 bits per heavy atom. The molecule has 16 heteroatoms. The molecule has 0 saturated carbocycles. The van der Waals surface area contributed by atoms with Crippen molar-refractivity contribution in [3.05, 3.63) is 70.8 Å². The second-order valence-electron chi connectivity index (χ2n) is 12.5. The van der Waals surface area contributed by atoms with Crippen LogP contribution in [0.25, 0.3) is 10.8 Å². The molecule has 1 amide bonds. The Kier molecular flexibility index (Phi) is 19.1. The molecule has 0 bridgehead atoms. The summed E-state index contributed by atoms with van der Waals surface area (Å²) in [5.41, 5.74) is 3.04. The van der Waals surface area contributed by atoms with Gasteiger partial charge in [-0.1, -0.05) is 36.7 Å². The van der Waals surface area contributed by atoms with Gasteiger partial charge in [0.1, 0.15) is 6.61 Å². The number of fused-ring (bicyclic) bond motifs is 1. The molecule has 290 valence electrons. The van der Waals surface area contributed by atoms with Crippen LogP contribution in [-0.2, 0) is 23.5 Å². The summed E-state index contributed by atoms with van der Waals surface area (Å²) in [5.74, 6) is -0.157. The number of aliphatic hydroxyl groups excluding tert-OH is 1. The van der Waals surface area contributed by atoms with Crippen LogP contribution in [0.3, 0.4) is 0 Å². The summed E-state index contributed by atoms with van der Waals surface area (Å²) >= 11 is 0. The highest BCUT2D eigenvalue weighted by Gasteiger charge is 2.24. The minimum atomic E-state index is -3.71. The van der Waals surface area contributed by atoms with Gasteiger partial charge in [-0.25, -0.2) is 0 Å². The topological polar surface area (TPSA) is 198 Å². The highest BCUT2D eigenvalue weighted by atomic mass is 31.2. The summed E-state index contributed by atoms with van der Waals surface area (Å²) in [7, 11) is -3.71. The number of ether oxygens (including phenoxy) is 1. The van der Waals surface area contributed by atoms with Crippen LogP contribution in [-0.4, -0.2) is 85.4 Å². The van der Waals surface area contributed by atoms with Crippen molar-refractivity contribution in [1.29, 1.82) is 0 Å². The Balaban J connectivity index is 1.30. The lowest BCUT2D eigenvalue weighted by atomic mass is 10.1. The molecule has 0 radical (unpaired) electrons.